The highest BCUT2D eigenvalue weighted by Crippen LogP contribution is 2.21. The number of hydrogen-bond acceptors (Lipinski definition) is 4. The highest BCUT2D eigenvalue weighted by molar-refractivity contribution is 5.96. The van der Waals surface area contributed by atoms with Gasteiger partial charge in [0.05, 0.1) is 5.56 Å². The van der Waals surface area contributed by atoms with E-state index in [1.165, 1.54) is 19.3 Å². The Kier molecular flexibility index (Phi) is 6.87. The lowest BCUT2D eigenvalue weighted by Crippen LogP contribution is -2.37. The van der Waals surface area contributed by atoms with Crippen LogP contribution in [-0.4, -0.2) is 50.5 Å². The molecule has 4 heteroatoms. The van der Waals surface area contributed by atoms with Gasteiger partial charge in [-0.3, -0.25) is 9.69 Å². The van der Waals surface area contributed by atoms with Gasteiger partial charge in [0, 0.05) is 6.54 Å². The second-order valence-corrected chi connectivity index (χ2v) is 6.08. The summed E-state index contributed by atoms with van der Waals surface area (Å²) < 4.78 is 5.82. The van der Waals surface area contributed by atoms with Gasteiger partial charge in [0.1, 0.15) is 12.4 Å². The molecule has 1 aromatic carbocycles. The van der Waals surface area contributed by atoms with Gasteiger partial charge in [0.15, 0.2) is 5.78 Å². The average molecular weight is 304 g/mol. The van der Waals surface area contributed by atoms with Gasteiger partial charge >= 0.3 is 0 Å². The zero-order valence-corrected chi connectivity index (χ0v) is 13.8. The number of piperidine rings is 1. The Morgan fingerprint density at radius 1 is 1.32 bits per heavy atom. The fourth-order valence-corrected chi connectivity index (χ4v) is 3.02. The molecule has 0 atom stereocenters. The molecule has 1 fully saturated rings. The normalized spacial score (nSPS) is 16.6. The molecule has 2 rings (SSSR count). The summed E-state index contributed by atoms with van der Waals surface area (Å²) in [5.74, 6) is 1.63. The Morgan fingerprint density at radius 2 is 2.05 bits per heavy atom. The Bertz CT molecular complexity index is 468. The van der Waals surface area contributed by atoms with Crippen molar-refractivity contribution < 1.29 is 9.53 Å². The molecule has 1 saturated heterocycles. The molecule has 0 unspecified atom stereocenters. The maximum Gasteiger partial charge on any atom is 0.163 e. The molecule has 0 aromatic heterocycles. The van der Waals surface area contributed by atoms with Gasteiger partial charge in [-0.1, -0.05) is 12.1 Å². The van der Waals surface area contributed by atoms with Crippen LogP contribution in [0.5, 0.6) is 5.75 Å². The zero-order valence-electron chi connectivity index (χ0n) is 13.8. The van der Waals surface area contributed by atoms with Gasteiger partial charge in [0.25, 0.3) is 0 Å². The maximum absolute atomic E-state index is 11.6. The van der Waals surface area contributed by atoms with E-state index in [-0.39, 0.29) is 5.78 Å². The van der Waals surface area contributed by atoms with Gasteiger partial charge in [-0.05, 0) is 70.9 Å². The number of ether oxygens (including phenoxy) is 1. The first-order chi connectivity index (χ1) is 10.7. The number of nitrogens with zero attached hydrogens (tertiary/aromatic N) is 1. The summed E-state index contributed by atoms with van der Waals surface area (Å²) in [5.41, 5.74) is 0.674. The lowest BCUT2D eigenvalue weighted by Gasteiger charge is -2.31. The summed E-state index contributed by atoms with van der Waals surface area (Å²) in [7, 11) is 2.02. The van der Waals surface area contributed by atoms with Crippen LogP contribution < -0.4 is 10.1 Å². The molecule has 0 bridgehead atoms. The van der Waals surface area contributed by atoms with E-state index in [2.05, 4.69) is 10.2 Å². The molecule has 1 aliphatic heterocycles. The molecule has 0 radical (unpaired) electrons. The van der Waals surface area contributed by atoms with Crippen molar-refractivity contribution in [2.75, 3.05) is 39.8 Å². The molecule has 0 saturated carbocycles. The Hall–Kier alpha value is -1.39. The van der Waals surface area contributed by atoms with Crippen LogP contribution >= 0.6 is 0 Å². The monoisotopic (exact) mass is 304 g/mol. The highest BCUT2D eigenvalue weighted by atomic mass is 16.5. The van der Waals surface area contributed by atoms with Crippen LogP contribution in [0.3, 0.4) is 0 Å². The van der Waals surface area contributed by atoms with Crippen molar-refractivity contribution in [3.05, 3.63) is 29.8 Å². The third-order valence-corrected chi connectivity index (χ3v) is 4.44. The average Bonchev–Trinajstić information content (AvgIpc) is 2.54. The van der Waals surface area contributed by atoms with Gasteiger partial charge in [0.2, 0.25) is 0 Å². The third kappa shape index (κ3) is 5.11. The molecule has 1 N–H and O–H groups in total. The summed E-state index contributed by atoms with van der Waals surface area (Å²) in [6, 6.07) is 7.49. The van der Waals surface area contributed by atoms with Crippen molar-refractivity contribution in [2.45, 2.75) is 26.2 Å². The van der Waals surface area contributed by atoms with Gasteiger partial charge in [-0.2, -0.15) is 0 Å². The van der Waals surface area contributed by atoms with E-state index in [1.807, 2.05) is 31.3 Å². The predicted octanol–water partition coefficient (Wildman–Crippen LogP) is 2.59. The van der Waals surface area contributed by atoms with Crippen LogP contribution in [0.25, 0.3) is 0 Å². The van der Waals surface area contributed by atoms with Crippen LogP contribution in [0, 0.1) is 5.92 Å². The fourth-order valence-electron chi connectivity index (χ4n) is 3.02. The van der Waals surface area contributed by atoms with Crippen LogP contribution in [-0.2, 0) is 0 Å². The number of para-hydroxylation sites is 1. The summed E-state index contributed by atoms with van der Waals surface area (Å²) in [6.45, 7) is 6.60. The van der Waals surface area contributed by atoms with Gasteiger partial charge < -0.3 is 10.1 Å². The van der Waals surface area contributed by atoms with Crippen molar-refractivity contribution in [3.63, 3.8) is 0 Å². The predicted molar refractivity (Wildman–Crippen MR) is 89.6 cm³/mol. The molecule has 1 aromatic rings. The number of carbonyl (C=O) groups excluding carboxylic acids is 1. The van der Waals surface area contributed by atoms with E-state index in [4.69, 9.17) is 4.74 Å². The van der Waals surface area contributed by atoms with Gasteiger partial charge in [-0.25, -0.2) is 0 Å². The van der Waals surface area contributed by atoms with E-state index >= 15 is 0 Å². The first-order valence-corrected chi connectivity index (χ1v) is 8.30. The second kappa shape index (κ2) is 8.91. The standard InChI is InChI=1S/C18H28N2O2/c1-15(21)17-5-3-4-6-18(17)22-14-13-20-11-8-16(9-12-20)7-10-19-2/h3-6,16,19H,7-14H2,1-2H3. The number of carbonyl (C=O) groups is 1. The van der Waals surface area contributed by atoms with Crippen LogP contribution in [0.15, 0.2) is 24.3 Å². The summed E-state index contributed by atoms with van der Waals surface area (Å²) in [6.07, 6.45) is 3.85. The van der Waals surface area contributed by atoms with Crippen molar-refractivity contribution in [1.82, 2.24) is 10.2 Å². The topological polar surface area (TPSA) is 41.6 Å². The van der Waals surface area contributed by atoms with Crippen LogP contribution in [0.2, 0.25) is 0 Å². The first kappa shape index (κ1) is 17.0. The number of nitrogens with one attached hydrogen (secondary N) is 1. The number of hydrogen-bond donors (Lipinski definition) is 1. The van der Waals surface area contributed by atoms with Crippen molar-refractivity contribution in [2.24, 2.45) is 5.92 Å². The largest absolute Gasteiger partial charge is 0.491 e. The highest BCUT2D eigenvalue weighted by Gasteiger charge is 2.18. The summed E-state index contributed by atoms with van der Waals surface area (Å²) in [4.78, 5) is 14.0. The van der Waals surface area contributed by atoms with Crippen LogP contribution in [0.4, 0.5) is 0 Å². The van der Waals surface area contributed by atoms with Crippen LogP contribution in [0.1, 0.15) is 36.5 Å². The molecule has 1 aliphatic rings. The van der Waals surface area contributed by atoms with Crippen molar-refractivity contribution in [1.29, 1.82) is 0 Å². The second-order valence-electron chi connectivity index (χ2n) is 6.08. The lowest BCUT2D eigenvalue weighted by molar-refractivity contribution is 0.101. The number of rotatable bonds is 8. The van der Waals surface area contributed by atoms with E-state index in [9.17, 15) is 4.79 Å². The van der Waals surface area contributed by atoms with E-state index in [1.54, 1.807) is 6.92 Å². The molecule has 0 aliphatic carbocycles. The minimum Gasteiger partial charge on any atom is -0.491 e. The first-order valence-electron chi connectivity index (χ1n) is 8.30. The Labute approximate surface area is 133 Å². The number of likely N-dealkylation sites (tertiary alicyclic amines) is 1. The molecule has 0 spiro atoms. The molecular formula is C18H28N2O2. The maximum atomic E-state index is 11.6. The quantitative estimate of drug-likeness (QED) is 0.750. The molecule has 122 valence electrons. The van der Waals surface area contributed by atoms with Crippen molar-refractivity contribution in [3.8, 4) is 5.75 Å². The molecule has 0 amide bonds. The SMILES string of the molecule is CNCCC1CCN(CCOc2ccccc2C(C)=O)CC1. The van der Waals surface area contributed by atoms with Crippen molar-refractivity contribution >= 4 is 5.78 Å². The number of Topliss-reactive ketones (excluding diaryl/α,β-unsaturated/α-hetero) is 1. The Morgan fingerprint density at radius 3 is 2.73 bits per heavy atom. The number of benzene rings is 1. The van der Waals surface area contributed by atoms with Gasteiger partial charge in [-0.15, -0.1) is 0 Å². The van der Waals surface area contributed by atoms with E-state index in [0.717, 1.165) is 32.1 Å². The fraction of sp³-hybridized carbons (Fsp3) is 0.611. The minimum absolute atomic E-state index is 0.0564. The third-order valence-electron chi connectivity index (χ3n) is 4.44. The van der Waals surface area contributed by atoms with E-state index < -0.39 is 0 Å². The zero-order chi connectivity index (χ0) is 15.8. The molecule has 1 heterocycles. The molecule has 22 heavy (non-hydrogen) atoms. The summed E-state index contributed by atoms with van der Waals surface area (Å²) >= 11 is 0. The Balaban J connectivity index is 1.71. The molecule has 4 nitrogen and oxygen atoms in total. The lowest BCUT2D eigenvalue weighted by atomic mass is 9.93. The molecular weight excluding hydrogens is 276 g/mol. The minimum atomic E-state index is 0.0564. The summed E-state index contributed by atoms with van der Waals surface area (Å²) in [5, 5.41) is 3.23. The smallest absolute Gasteiger partial charge is 0.163 e. The van der Waals surface area contributed by atoms with E-state index in [0.29, 0.717) is 17.9 Å². The number of ketones is 1.